The number of aliphatic hydroxyl groups is 1. The van der Waals surface area contributed by atoms with E-state index in [1.807, 2.05) is 26.0 Å². The summed E-state index contributed by atoms with van der Waals surface area (Å²) in [6.45, 7) is 5.54. The maximum absolute atomic E-state index is 12.7. The minimum atomic E-state index is -0.476. The van der Waals surface area contributed by atoms with Crippen LogP contribution in [0.4, 0.5) is 0 Å². The lowest BCUT2D eigenvalue weighted by atomic mass is 9.78. The molecule has 1 N–H and O–H groups in total. The first-order valence-electron chi connectivity index (χ1n) is 11.1. The average molecular weight is 387 g/mol. The molecule has 28 heavy (non-hydrogen) atoms. The highest BCUT2D eigenvalue weighted by Crippen LogP contribution is 2.39. The van der Waals surface area contributed by atoms with Gasteiger partial charge in [-0.1, -0.05) is 25.7 Å². The predicted molar refractivity (Wildman–Crippen MR) is 108 cm³/mol. The van der Waals surface area contributed by atoms with Gasteiger partial charge in [0.2, 0.25) is 5.91 Å². The molecule has 1 saturated heterocycles. The quantitative estimate of drug-likeness (QED) is 0.839. The van der Waals surface area contributed by atoms with Crippen molar-refractivity contribution >= 4 is 5.91 Å². The highest BCUT2D eigenvalue weighted by atomic mass is 16.5. The number of aryl methyl sites for hydroxylation is 2. The summed E-state index contributed by atoms with van der Waals surface area (Å²) in [7, 11) is 0. The summed E-state index contributed by atoms with van der Waals surface area (Å²) in [4.78, 5) is 19.2. The Hall–Kier alpha value is -1.62. The SMILES string of the molecule is Cc1ccc(O[C@@H]2C[C@@H]3CN(C(=O)CCC4CCCC4)C[C@@H]3C[C@H]2O)c(C)n1. The van der Waals surface area contributed by atoms with Crippen molar-refractivity contribution in [2.24, 2.45) is 17.8 Å². The fourth-order valence-corrected chi connectivity index (χ4v) is 5.47. The molecule has 0 spiro atoms. The summed E-state index contributed by atoms with van der Waals surface area (Å²) in [5.41, 5.74) is 1.83. The van der Waals surface area contributed by atoms with Gasteiger partial charge in [-0.15, -0.1) is 0 Å². The zero-order valence-corrected chi connectivity index (χ0v) is 17.3. The van der Waals surface area contributed by atoms with Crippen LogP contribution in [-0.4, -0.2) is 46.2 Å². The second kappa shape index (κ2) is 8.40. The van der Waals surface area contributed by atoms with E-state index in [1.165, 1.54) is 25.7 Å². The zero-order valence-electron chi connectivity index (χ0n) is 17.3. The molecule has 0 unspecified atom stereocenters. The van der Waals surface area contributed by atoms with Crippen molar-refractivity contribution < 1.29 is 14.6 Å². The summed E-state index contributed by atoms with van der Waals surface area (Å²) >= 11 is 0. The molecule has 2 heterocycles. The summed E-state index contributed by atoms with van der Waals surface area (Å²) < 4.78 is 6.16. The van der Waals surface area contributed by atoms with Crippen molar-refractivity contribution in [1.29, 1.82) is 0 Å². The standard InChI is InChI=1S/C23H34N2O3/c1-15-7-9-21(16(2)24-15)28-22-12-19-14-25(13-18(19)11-20(22)26)23(27)10-8-17-5-3-4-6-17/h7,9,17-20,22,26H,3-6,8,10-14H2,1-2H3/t18-,19+,20+,22+/m0/s1. The van der Waals surface area contributed by atoms with Crippen LogP contribution in [0.3, 0.4) is 0 Å². The number of ether oxygens (including phenoxy) is 1. The second-order valence-corrected chi connectivity index (χ2v) is 9.24. The number of amides is 1. The van der Waals surface area contributed by atoms with Crippen LogP contribution in [-0.2, 0) is 4.79 Å². The van der Waals surface area contributed by atoms with Gasteiger partial charge in [0, 0.05) is 25.2 Å². The zero-order chi connectivity index (χ0) is 19.7. The molecule has 0 radical (unpaired) electrons. The Balaban J connectivity index is 1.32. The van der Waals surface area contributed by atoms with Crippen LogP contribution >= 0.6 is 0 Å². The van der Waals surface area contributed by atoms with E-state index in [4.69, 9.17) is 4.74 Å². The second-order valence-electron chi connectivity index (χ2n) is 9.24. The number of rotatable bonds is 5. The monoisotopic (exact) mass is 386 g/mol. The molecule has 3 fully saturated rings. The predicted octanol–water partition coefficient (Wildman–Crippen LogP) is 3.65. The van der Waals surface area contributed by atoms with Crippen LogP contribution in [0, 0.1) is 31.6 Å². The van der Waals surface area contributed by atoms with Gasteiger partial charge >= 0.3 is 0 Å². The van der Waals surface area contributed by atoms with Crippen molar-refractivity contribution in [3.8, 4) is 5.75 Å². The molecule has 0 aromatic carbocycles. The molecule has 3 aliphatic rings. The minimum absolute atomic E-state index is 0.210. The molecule has 1 aromatic rings. The Morgan fingerprint density at radius 1 is 1.18 bits per heavy atom. The van der Waals surface area contributed by atoms with Crippen molar-refractivity contribution in [2.45, 2.75) is 77.4 Å². The molecular weight excluding hydrogens is 352 g/mol. The van der Waals surface area contributed by atoms with Gasteiger partial charge in [0.25, 0.3) is 0 Å². The third kappa shape index (κ3) is 4.35. The number of nitrogens with zero attached hydrogens (tertiary/aromatic N) is 2. The summed E-state index contributed by atoms with van der Waals surface area (Å²) in [6.07, 6.45) is 7.87. The van der Waals surface area contributed by atoms with Crippen molar-refractivity contribution in [3.05, 3.63) is 23.5 Å². The molecule has 5 nitrogen and oxygen atoms in total. The lowest BCUT2D eigenvalue weighted by molar-refractivity contribution is -0.130. The number of pyridine rings is 1. The highest BCUT2D eigenvalue weighted by Gasteiger charge is 2.43. The van der Waals surface area contributed by atoms with Gasteiger partial charge in [-0.05, 0) is 63.0 Å². The number of aromatic nitrogens is 1. The number of fused-ring (bicyclic) bond motifs is 1. The molecule has 1 aliphatic heterocycles. The van der Waals surface area contributed by atoms with Gasteiger partial charge in [0.15, 0.2) is 0 Å². The Labute approximate surface area is 168 Å². The molecule has 5 heteroatoms. The van der Waals surface area contributed by atoms with Gasteiger partial charge in [-0.3, -0.25) is 9.78 Å². The van der Waals surface area contributed by atoms with Crippen LogP contribution in [0.1, 0.15) is 62.8 Å². The molecule has 1 amide bonds. The number of aliphatic hydroxyl groups excluding tert-OH is 1. The van der Waals surface area contributed by atoms with E-state index in [1.54, 1.807) is 0 Å². The van der Waals surface area contributed by atoms with Crippen molar-refractivity contribution in [1.82, 2.24) is 9.88 Å². The van der Waals surface area contributed by atoms with Gasteiger partial charge < -0.3 is 14.7 Å². The number of hydrogen-bond acceptors (Lipinski definition) is 4. The van der Waals surface area contributed by atoms with Gasteiger partial charge in [-0.2, -0.15) is 0 Å². The molecule has 0 bridgehead atoms. The highest BCUT2D eigenvalue weighted by molar-refractivity contribution is 5.76. The molecular formula is C23H34N2O3. The fourth-order valence-electron chi connectivity index (χ4n) is 5.47. The van der Waals surface area contributed by atoms with Crippen molar-refractivity contribution in [3.63, 3.8) is 0 Å². The Morgan fingerprint density at radius 2 is 1.89 bits per heavy atom. The van der Waals surface area contributed by atoms with E-state index in [-0.39, 0.29) is 6.10 Å². The Kier molecular flexibility index (Phi) is 5.91. The van der Waals surface area contributed by atoms with Crippen LogP contribution in [0.5, 0.6) is 5.75 Å². The first kappa shape index (κ1) is 19.7. The first-order valence-corrected chi connectivity index (χ1v) is 11.1. The minimum Gasteiger partial charge on any atom is -0.486 e. The van der Waals surface area contributed by atoms with E-state index >= 15 is 0 Å². The summed E-state index contributed by atoms with van der Waals surface area (Å²) in [5, 5.41) is 10.6. The van der Waals surface area contributed by atoms with Gasteiger partial charge in [0.05, 0.1) is 11.8 Å². The molecule has 4 atom stereocenters. The van der Waals surface area contributed by atoms with Gasteiger partial charge in [-0.25, -0.2) is 0 Å². The number of carbonyl (C=O) groups excluding carboxylic acids is 1. The molecule has 154 valence electrons. The molecule has 1 aromatic heterocycles. The Morgan fingerprint density at radius 3 is 2.61 bits per heavy atom. The number of carbonyl (C=O) groups is 1. The van der Waals surface area contributed by atoms with Crippen LogP contribution in [0.25, 0.3) is 0 Å². The summed E-state index contributed by atoms with van der Waals surface area (Å²) in [6, 6.07) is 3.89. The third-order valence-electron chi connectivity index (χ3n) is 7.13. The van der Waals surface area contributed by atoms with E-state index in [0.29, 0.717) is 24.2 Å². The smallest absolute Gasteiger partial charge is 0.222 e. The number of likely N-dealkylation sites (tertiary alicyclic amines) is 1. The largest absolute Gasteiger partial charge is 0.486 e. The van der Waals surface area contributed by atoms with Gasteiger partial charge in [0.1, 0.15) is 11.9 Å². The maximum Gasteiger partial charge on any atom is 0.222 e. The van der Waals surface area contributed by atoms with Crippen molar-refractivity contribution in [2.75, 3.05) is 13.1 Å². The van der Waals surface area contributed by atoms with E-state index in [0.717, 1.165) is 55.4 Å². The lowest BCUT2D eigenvalue weighted by Crippen LogP contribution is -2.42. The Bertz CT molecular complexity index is 701. The maximum atomic E-state index is 12.7. The number of hydrogen-bond donors (Lipinski definition) is 1. The molecule has 2 saturated carbocycles. The van der Waals surface area contributed by atoms with Crippen LogP contribution < -0.4 is 4.74 Å². The molecule has 2 aliphatic carbocycles. The van der Waals surface area contributed by atoms with E-state index < -0.39 is 6.10 Å². The first-order chi connectivity index (χ1) is 13.5. The molecule has 4 rings (SSSR count). The average Bonchev–Trinajstić information content (AvgIpc) is 3.31. The topological polar surface area (TPSA) is 62.7 Å². The third-order valence-corrected chi connectivity index (χ3v) is 7.13. The fraction of sp³-hybridized carbons (Fsp3) is 0.739. The van der Waals surface area contributed by atoms with E-state index in [9.17, 15) is 9.90 Å². The normalized spacial score (nSPS) is 30.5. The van der Waals surface area contributed by atoms with Crippen LogP contribution in [0.2, 0.25) is 0 Å². The van der Waals surface area contributed by atoms with E-state index in [2.05, 4.69) is 9.88 Å². The van der Waals surface area contributed by atoms with Crippen LogP contribution in [0.15, 0.2) is 12.1 Å². The summed E-state index contributed by atoms with van der Waals surface area (Å²) in [5.74, 6) is 2.67. The lowest BCUT2D eigenvalue weighted by Gasteiger charge is -2.35.